The summed E-state index contributed by atoms with van der Waals surface area (Å²) in [4.78, 5) is 15.4. The van der Waals surface area contributed by atoms with Crippen LogP contribution in [0.25, 0.3) is 0 Å². The van der Waals surface area contributed by atoms with Gasteiger partial charge >= 0.3 is 0 Å². The molecule has 1 aliphatic carbocycles. The van der Waals surface area contributed by atoms with Gasteiger partial charge in [-0.15, -0.1) is 0 Å². The van der Waals surface area contributed by atoms with Crippen molar-refractivity contribution < 1.29 is 4.79 Å². The molecule has 30 heavy (non-hydrogen) atoms. The lowest BCUT2D eigenvalue weighted by Crippen LogP contribution is -2.49. The minimum absolute atomic E-state index is 0.115. The smallest absolute Gasteiger partial charge is 0.254 e. The highest BCUT2D eigenvalue weighted by atomic mass is 32.1. The first-order valence-electron chi connectivity index (χ1n) is 10.6. The molecule has 2 fully saturated rings. The Bertz CT molecular complexity index is 981. The van der Waals surface area contributed by atoms with Crippen LogP contribution in [0.15, 0.2) is 48.5 Å². The highest BCUT2D eigenvalue weighted by Gasteiger charge is 2.35. The number of fused-ring (bicyclic) bond motifs is 1. The fourth-order valence-corrected chi connectivity index (χ4v) is 4.97. The quantitative estimate of drug-likeness (QED) is 0.674. The number of hydrogen-bond acceptors (Lipinski definition) is 3. The summed E-state index contributed by atoms with van der Waals surface area (Å²) in [5.41, 5.74) is 2.62. The zero-order chi connectivity index (χ0) is 20.9. The second-order valence-corrected chi connectivity index (χ2v) is 8.48. The van der Waals surface area contributed by atoms with Gasteiger partial charge in [-0.05, 0) is 74.2 Å². The highest BCUT2D eigenvalue weighted by molar-refractivity contribution is 7.80. The maximum Gasteiger partial charge on any atom is 0.254 e. The van der Waals surface area contributed by atoms with Gasteiger partial charge in [0.25, 0.3) is 5.91 Å². The summed E-state index contributed by atoms with van der Waals surface area (Å²) in [6, 6.07) is 17.3. The van der Waals surface area contributed by atoms with E-state index in [0.29, 0.717) is 33.9 Å². The fourth-order valence-electron chi connectivity index (χ4n) is 4.75. The first kappa shape index (κ1) is 20.4. The standard InChI is InChI=1S/C24H26N4OS/c25-16-19-8-1-3-12-21(19)27-24(30)26-20-11-5-9-18(15-20)23(29)28-14-6-10-17-7-2-4-13-22(17)28/h1,3,5,8-9,11-12,15,17,22H,2,4,6-7,10,13-14H2,(H2,26,27,30)/t17-,22-/m0/s1. The number of nitrogens with zero attached hydrogens (tertiary/aromatic N) is 2. The van der Waals surface area contributed by atoms with Crippen LogP contribution in [0.4, 0.5) is 11.4 Å². The molecule has 0 aromatic heterocycles. The number of thiocarbonyl (C=S) groups is 1. The van der Waals surface area contributed by atoms with Crippen molar-refractivity contribution in [2.75, 3.05) is 17.2 Å². The van der Waals surface area contributed by atoms with Gasteiger partial charge in [0.2, 0.25) is 0 Å². The summed E-state index contributed by atoms with van der Waals surface area (Å²) < 4.78 is 0. The van der Waals surface area contributed by atoms with E-state index < -0.39 is 0 Å². The molecule has 0 radical (unpaired) electrons. The predicted octanol–water partition coefficient (Wildman–Crippen LogP) is 5.16. The number of piperidine rings is 1. The Kier molecular flexibility index (Phi) is 6.29. The van der Waals surface area contributed by atoms with E-state index in [9.17, 15) is 10.1 Å². The average Bonchev–Trinajstić information content (AvgIpc) is 2.78. The zero-order valence-corrected chi connectivity index (χ0v) is 17.8. The van der Waals surface area contributed by atoms with Crippen molar-refractivity contribution >= 4 is 34.6 Å². The number of benzene rings is 2. The van der Waals surface area contributed by atoms with E-state index in [1.807, 2.05) is 42.5 Å². The van der Waals surface area contributed by atoms with Gasteiger partial charge in [0, 0.05) is 23.8 Å². The molecule has 154 valence electrons. The van der Waals surface area contributed by atoms with Crippen LogP contribution in [0.5, 0.6) is 0 Å². The molecule has 2 aliphatic rings. The van der Waals surface area contributed by atoms with Crippen molar-refractivity contribution in [3.8, 4) is 6.07 Å². The molecule has 2 atom stereocenters. The minimum Gasteiger partial charge on any atom is -0.335 e. The van der Waals surface area contributed by atoms with Crippen molar-refractivity contribution in [2.45, 2.75) is 44.6 Å². The Morgan fingerprint density at radius 3 is 2.70 bits per heavy atom. The molecular weight excluding hydrogens is 392 g/mol. The molecule has 2 aromatic rings. The van der Waals surface area contributed by atoms with E-state index in [4.69, 9.17) is 12.2 Å². The van der Waals surface area contributed by atoms with Crippen LogP contribution < -0.4 is 10.6 Å². The fraction of sp³-hybridized carbons (Fsp3) is 0.375. The van der Waals surface area contributed by atoms with Crippen LogP contribution >= 0.6 is 12.2 Å². The van der Waals surface area contributed by atoms with Crippen LogP contribution in [0, 0.1) is 17.2 Å². The number of amides is 1. The monoisotopic (exact) mass is 418 g/mol. The topological polar surface area (TPSA) is 68.2 Å². The molecule has 5 nitrogen and oxygen atoms in total. The van der Waals surface area contributed by atoms with E-state index in [1.54, 1.807) is 6.07 Å². The summed E-state index contributed by atoms with van der Waals surface area (Å²) >= 11 is 5.41. The van der Waals surface area contributed by atoms with Gasteiger partial charge in [-0.25, -0.2) is 0 Å². The number of likely N-dealkylation sites (tertiary alicyclic amines) is 1. The average molecular weight is 419 g/mol. The third-order valence-electron chi connectivity index (χ3n) is 6.17. The molecule has 1 aliphatic heterocycles. The van der Waals surface area contributed by atoms with Crippen molar-refractivity contribution in [2.24, 2.45) is 5.92 Å². The molecule has 2 aromatic carbocycles. The zero-order valence-electron chi connectivity index (χ0n) is 16.9. The third-order valence-corrected chi connectivity index (χ3v) is 6.37. The Labute approximate surface area is 183 Å². The predicted molar refractivity (Wildman–Crippen MR) is 123 cm³/mol. The molecule has 2 N–H and O–H groups in total. The van der Waals surface area contributed by atoms with Crippen molar-refractivity contribution in [3.05, 3.63) is 59.7 Å². The second-order valence-electron chi connectivity index (χ2n) is 8.07. The van der Waals surface area contributed by atoms with E-state index in [1.165, 1.54) is 25.7 Å². The molecule has 1 amide bonds. The van der Waals surface area contributed by atoms with Gasteiger partial charge < -0.3 is 15.5 Å². The maximum absolute atomic E-state index is 13.3. The number of nitrogens with one attached hydrogen (secondary N) is 2. The summed E-state index contributed by atoms with van der Waals surface area (Å²) in [6.07, 6.45) is 7.23. The molecule has 1 saturated heterocycles. The SMILES string of the molecule is N#Cc1ccccc1NC(=S)Nc1cccc(C(=O)N2CCC[C@@H]3CCCC[C@@H]32)c1. The van der Waals surface area contributed by atoms with Gasteiger partial charge in [-0.2, -0.15) is 5.26 Å². The molecule has 1 saturated carbocycles. The van der Waals surface area contributed by atoms with Crippen molar-refractivity contribution in [3.63, 3.8) is 0 Å². The van der Waals surface area contributed by atoms with Crippen LogP contribution in [0.2, 0.25) is 0 Å². The van der Waals surface area contributed by atoms with Crippen LogP contribution in [0.3, 0.4) is 0 Å². The lowest BCUT2D eigenvalue weighted by atomic mass is 9.78. The summed E-state index contributed by atoms with van der Waals surface area (Å²) in [7, 11) is 0. The normalized spacial score (nSPS) is 20.6. The van der Waals surface area contributed by atoms with Gasteiger partial charge in [0.05, 0.1) is 11.3 Å². The van der Waals surface area contributed by atoms with E-state index >= 15 is 0 Å². The highest BCUT2D eigenvalue weighted by Crippen LogP contribution is 2.36. The number of carbonyl (C=O) groups is 1. The molecule has 0 unspecified atom stereocenters. The molecule has 4 rings (SSSR count). The third kappa shape index (κ3) is 4.47. The van der Waals surface area contributed by atoms with Crippen LogP contribution in [-0.4, -0.2) is 28.5 Å². The Hall–Kier alpha value is -2.91. The van der Waals surface area contributed by atoms with E-state index in [0.717, 1.165) is 25.1 Å². The Morgan fingerprint density at radius 2 is 1.83 bits per heavy atom. The summed E-state index contributed by atoms with van der Waals surface area (Å²) in [5, 5.41) is 15.8. The molecular formula is C24H26N4OS. The molecule has 1 heterocycles. The van der Waals surface area contributed by atoms with E-state index in [-0.39, 0.29) is 5.91 Å². The molecule has 0 bridgehead atoms. The number of anilines is 2. The second kappa shape index (κ2) is 9.27. The van der Waals surface area contributed by atoms with Crippen molar-refractivity contribution in [1.82, 2.24) is 4.90 Å². The van der Waals surface area contributed by atoms with Crippen LogP contribution in [0.1, 0.15) is 54.4 Å². The largest absolute Gasteiger partial charge is 0.335 e. The molecule has 0 spiro atoms. The maximum atomic E-state index is 13.3. The lowest BCUT2D eigenvalue weighted by Gasteiger charge is -2.44. The Balaban J connectivity index is 1.45. The van der Waals surface area contributed by atoms with Crippen LogP contribution in [-0.2, 0) is 0 Å². The van der Waals surface area contributed by atoms with Crippen molar-refractivity contribution in [1.29, 1.82) is 5.26 Å². The van der Waals surface area contributed by atoms with Gasteiger partial charge in [-0.1, -0.05) is 31.0 Å². The Morgan fingerprint density at radius 1 is 1.03 bits per heavy atom. The van der Waals surface area contributed by atoms with Gasteiger partial charge in [0.15, 0.2) is 5.11 Å². The number of carbonyl (C=O) groups excluding carboxylic acids is 1. The lowest BCUT2D eigenvalue weighted by molar-refractivity contribution is 0.0391. The first-order valence-corrected chi connectivity index (χ1v) is 11.0. The number of rotatable bonds is 3. The van der Waals surface area contributed by atoms with E-state index in [2.05, 4.69) is 21.6 Å². The minimum atomic E-state index is 0.115. The first-order chi connectivity index (χ1) is 14.7. The summed E-state index contributed by atoms with van der Waals surface area (Å²) in [5.74, 6) is 0.777. The molecule has 6 heteroatoms. The number of hydrogen-bond donors (Lipinski definition) is 2. The van der Waals surface area contributed by atoms with Gasteiger partial charge in [0.1, 0.15) is 6.07 Å². The van der Waals surface area contributed by atoms with Gasteiger partial charge in [-0.3, -0.25) is 4.79 Å². The number of nitriles is 1. The number of para-hydroxylation sites is 1. The summed E-state index contributed by atoms with van der Waals surface area (Å²) in [6.45, 7) is 0.850.